The van der Waals surface area contributed by atoms with Gasteiger partial charge in [-0.3, -0.25) is 9.59 Å². The summed E-state index contributed by atoms with van der Waals surface area (Å²) in [7, 11) is 0. The fraction of sp³-hybridized carbons (Fsp3) is 0.118. The summed E-state index contributed by atoms with van der Waals surface area (Å²) in [6, 6.07) is 15.3. The normalized spacial score (nSPS) is 11.9. The van der Waals surface area contributed by atoms with Gasteiger partial charge in [0.25, 0.3) is 0 Å². The number of phenolic OH excluding ortho intramolecular Hbond substituents is 1. The lowest BCUT2D eigenvalue weighted by Gasteiger charge is -2.13. The van der Waals surface area contributed by atoms with Crippen molar-refractivity contribution in [2.45, 2.75) is 13.0 Å². The van der Waals surface area contributed by atoms with Gasteiger partial charge in [-0.25, -0.2) is 5.43 Å². The van der Waals surface area contributed by atoms with E-state index in [9.17, 15) is 9.59 Å². The predicted octanol–water partition coefficient (Wildman–Crippen LogP) is 1.72. The first-order valence-corrected chi connectivity index (χ1v) is 7.04. The van der Waals surface area contributed by atoms with Gasteiger partial charge in [0.2, 0.25) is 0 Å². The van der Waals surface area contributed by atoms with Gasteiger partial charge < -0.3 is 10.4 Å². The number of amides is 2. The Morgan fingerprint density at radius 3 is 2.35 bits per heavy atom. The van der Waals surface area contributed by atoms with Gasteiger partial charge in [-0.05, 0) is 42.3 Å². The van der Waals surface area contributed by atoms with E-state index in [1.165, 1.54) is 18.3 Å². The number of nitrogens with one attached hydrogen (secondary N) is 2. The molecule has 2 rings (SSSR count). The Morgan fingerprint density at radius 2 is 1.70 bits per heavy atom. The van der Waals surface area contributed by atoms with E-state index in [2.05, 4.69) is 15.8 Å². The van der Waals surface area contributed by atoms with E-state index >= 15 is 0 Å². The molecule has 2 aromatic rings. The van der Waals surface area contributed by atoms with E-state index in [1.807, 2.05) is 30.3 Å². The summed E-state index contributed by atoms with van der Waals surface area (Å²) in [5.74, 6) is -1.47. The maximum absolute atomic E-state index is 11.8. The van der Waals surface area contributed by atoms with Crippen LogP contribution in [0.5, 0.6) is 5.75 Å². The third kappa shape index (κ3) is 4.96. The molecular formula is C17H17N3O3. The molecule has 3 N–H and O–H groups in total. The SMILES string of the molecule is C[C@@H](NC(=O)C(=O)N/N=C\c1ccc(O)cc1)c1ccccc1. The minimum absolute atomic E-state index is 0.139. The lowest BCUT2D eigenvalue weighted by atomic mass is 10.1. The van der Waals surface area contributed by atoms with Crippen LogP contribution in [0.3, 0.4) is 0 Å². The van der Waals surface area contributed by atoms with Gasteiger partial charge in [0.05, 0.1) is 12.3 Å². The minimum Gasteiger partial charge on any atom is -0.508 e. The van der Waals surface area contributed by atoms with Crippen LogP contribution >= 0.6 is 0 Å². The third-order valence-electron chi connectivity index (χ3n) is 3.13. The fourth-order valence-corrected chi connectivity index (χ4v) is 1.86. The highest BCUT2D eigenvalue weighted by atomic mass is 16.3. The van der Waals surface area contributed by atoms with Crippen LogP contribution in [0.25, 0.3) is 0 Å². The Bertz CT molecular complexity index is 697. The number of aromatic hydroxyl groups is 1. The molecule has 0 heterocycles. The second kappa shape index (κ2) is 7.74. The Balaban J connectivity index is 1.85. The smallest absolute Gasteiger partial charge is 0.329 e. The summed E-state index contributed by atoms with van der Waals surface area (Å²) >= 11 is 0. The average Bonchev–Trinajstić information content (AvgIpc) is 2.57. The number of hydrogen-bond acceptors (Lipinski definition) is 4. The molecule has 118 valence electrons. The number of benzene rings is 2. The first-order chi connectivity index (χ1) is 11.1. The molecule has 23 heavy (non-hydrogen) atoms. The van der Waals surface area contributed by atoms with E-state index in [-0.39, 0.29) is 11.8 Å². The van der Waals surface area contributed by atoms with E-state index < -0.39 is 11.8 Å². The zero-order valence-corrected chi connectivity index (χ0v) is 12.6. The molecule has 0 radical (unpaired) electrons. The van der Waals surface area contributed by atoms with Gasteiger partial charge in [-0.2, -0.15) is 5.10 Å². The topological polar surface area (TPSA) is 90.8 Å². The van der Waals surface area contributed by atoms with Crippen LogP contribution in [0.4, 0.5) is 0 Å². The second-order valence-electron chi connectivity index (χ2n) is 4.90. The molecule has 6 heteroatoms. The summed E-state index contributed by atoms with van der Waals surface area (Å²) in [5, 5.41) is 15.5. The Kier molecular flexibility index (Phi) is 5.46. The van der Waals surface area contributed by atoms with Crippen molar-refractivity contribution in [1.82, 2.24) is 10.7 Å². The molecule has 6 nitrogen and oxygen atoms in total. The van der Waals surface area contributed by atoms with Crippen LogP contribution in [0, 0.1) is 0 Å². The number of hydrogen-bond donors (Lipinski definition) is 3. The van der Waals surface area contributed by atoms with Crippen LogP contribution in [0.15, 0.2) is 59.7 Å². The van der Waals surface area contributed by atoms with Crippen molar-refractivity contribution < 1.29 is 14.7 Å². The molecule has 0 saturated carbocycles. The molecule has 0 aliphatic heterocycles. The van der Waals surface area contributed by atoms with E-state index in [4.69, 9.17) is 5.11 Å². The Labute approximate surface area is 133 Å². The van der Waals surface area contributed by atoms with Crippen LogP contribution in [0.1, 0.15) is 24.1 Å². The number of carbonyl (C=O) groups is 2. The van der Waals surface area contributed by atoms with E-state index in [0.29, 0.717) is 5.56 Å². The number of hydrazone groups is 1. The maximum atomic E-state index is 11.8. The zero-order valence-electron chi connectivity index (χ0n) is 12.6. The quantitative estimate of drug-likeness (QED) is 0.456. The fourth-order valence-electron chi connectivity index (χ4n) is 1.86. The summed E-state index contributed by atoms with van der Waals surface area (Å²) < 4.78 is 0. The second-order valence-corrected chi connectivity index (χ2v) is 4.90. The first kappa shape index (κ1) is 16.2. The van der Waals surface area contributed by atoms with Crippen molar-refractivity contribution >= 4 is 18.0 Å². The van der Waals surface area contributed by atoms with Gasteiger partial charge in [0.1, 0.15) is 5.75 Å². The average molecular weight is 311 g/mol. The molecule has 0 unspecified atom stereocenters. The van der Waals surface area contributed by atoms with Gasteiger partial charge in [0.15, 0.2) is 0 Å². The zero-order chi connectivity index (χ0) is 16.7. The van der Waals surface area contributed by atoms with Crippen molar-refractivity contribution in [2.24, 2.45) is 5.10 Å². The van der Waals surface area contributed by atoms with Gasteiger partial charge in [-0.1, -0.05) is 30.3 Å². The van der Waals surface area contributed by atoms with Crippen molar-refractivity contribution in [1.29, 1.82) is 0 Å². The lowest BCUT2D eigenvalue weighted by molar-refractivity contribution is -0.139. The van der Waals surface area contributed by atoms with E-state index in [1.54, 1.807) is 19.1 Å². The largest absolute Gasteiger partial charge is 0.508 e. The van der Waals surface area contributed by atoms with Crippen LogP contribution in [0.2, 0.25) is 0 Å². The highest BCUT2D eigenvalue weighted by Crippen LogP contribution is 2.10. The monoisotopic (exact) mass is 311 g/mol. The molecular weight excluding hydrogens is 294 g/mol. The lowest BCUT2D eigenvalue weighted by Crippen LogP contribution is -2.39. The maximum Gasteiger partial charge on any atom is 0.329 e. The molecule has 0 aromatic heterocycles. The van der Waals surface area contributed by atoms with Gasteiger partial charge in [-0.15, -0.1) is 0 Å². The molecule has 2 amide bonds. The number of nitrogens with zero attached hydrogens (tertiary/aromatic N) is 1. The molecule has 2 aromatic carbocycles. The summed E-state index contributed by atoms with van der Waals surface area (Å²) in [4.78, 5) is 23.5. The first-order valence-electron chi connectivity index (χ1n) is 7.04. The summed E-state index contributed by atoms with van der Waals surface area (Å²) in [5.41, 5.74) is 3.74. The van der Waals surface area contributed by atoms with Crippen LogP contribution in [-0.4, -0.2) is 23.1 Å². The third-order valence-corrected chi connectivity index (χ3v) is 3.13. The molecule has 0 aliphatic rings. The number of carbonyl (C=O) groups excluding carboxylic acids is 2. The van der Waals surface area contributed by atoms with Crippen molar-refractivity contribution in [3.63, 3.8) is 0 Å². The number of phenols is 1. The standard InChI is InChI=1S/C17H17N3O3/c1-12(14-5-3-2-4-6-14)19-16(22)17(23)20-18-11-13-7-9-15(21)10-8-13/h2-12,21H,1H3,(H,19,22)(H,20,23)/b18-11-/t12-/m1/s1. The Morgan fingerprint density at radius 1 is 1.04 bits per heavy atom. The highest BCUT2D eigenvalue weighted by molar-refractivity contribution is 6.35. The van der Waals surface area contributed by atoms with Crippen molar-refractivity contribution in [2.75, 3.05) is 0 Å². The Hall–Kier alpha value is -3.15. The molecule has 1 atom stereocenters. The number of rotatable bonds is 4. The molecule has 0 fully saturated rings. The highest BCUT2D eigenvalue weighted by Gasteiger charge is 2.16. The minimum atomic E-state index is -0.845. The molecule has 0 bridgehead atoms. The molecule has 0 aliphatic carbocycles. The van der Waals surface area contributed by atoms with Gasteiger partial charge >= 0.3 is 11.8 Å². The van der Waals surface area contributed by atoms with E-state index in [0.717, 1.165) is 5.56 Å². The molecule has 0 saturated heterocycles. The van der Waals surface area contributed by atoms with Crippen molar-refractivity contribution in [3.8, 4) is 5.75 Å². The van der Waals surface area contributed by atoms with Crippen molar-refractivity contribution in [3.05, 3.63) is 65.7 Å². The molecule has 0 spiro atoms. The predicted molar refractivity (Wildman–Crippen MR) is 86.8 cm³/mol. The van der Waals surface area contributed by atoms with Gasteiger partial charge in [0, 0.05) is 0 Å². The summed E-state index contributed by atoms with van der Waals surface area (Å²) in [6.45, 7) is 1.79. The van der Waals surface area contributed by atoms with Crippen LogP contribution in [-0.2, 0) is 9.59 Å². The summed E-state index contributed by atoms with van der Waals surface area (Å²) in [6.07, 6.45) is 1.38. The van der Waals surface area contributed by atoms with Crippen LogP contribution < -0.4 is 10.7 Å².